The fourth-order valence-electron chi connectivity index (χ4n) is 3.97. The highest BCUT2D eigenvalue weighted by Crippen LogP contribution is 2.26. The van der Waals surface area contributed by atoms with E-state index in [1.54, 1.807) is 25.6 Å². The van der Waals surface area contributed by atoms with Crippen molar-refractivity contribution in [2.45, 2.75) is 25.8 Å². The molecule has 0 spiro atoms. The number of likely N-dealkylation sites (N-methyl/N-ethyl adjacent to an activating group) is 2. The topological polar surface area (TPSA) is 90.6 Å². The molecule has 2 aromatic heterocycles. The van der Waals surface area contributed by atoms with Crippen LogP contribution in [-0.2, 0) is 4.79 Å². The molecule has 1 fully saturated rings. The second-order valence-corrected chi connectivity index (χ2v) is 7.52. The summed E-state index contributed by atoms with van der Waals surface area (Å²) in [7, 11) is 3.42. The first-order valence-electron chi connectivity index (χ1n) is 10.7. The van der Waals surface area contributed by atoms with Gasteiger partial charge in [0.15, 0.2) is 0 Å². The molecule has 1 amide bonds. The van der Waals surface area contributed by atoms with Gasteiger partial charge in [-0.25, -0.2) is 4.98 Å². The molecule has 0 aliphatic carbocycles. The molecule has 3 rings (SSSR count). The Morgan fingerprint density at radius 1 is 1.42 bits per heavy atom. The number of carbonyl (C=O) groups excluding carboxylic acids is 1. The van der Waals surface area contributed by atoms with Crippen molar-refractivity contribution in [3.05, 3.63) is 53.1 Å². The van der Waals surface area contributed by atoms with Crippen molar-refractivity contribution in [3.8, 4) is 17.0 Å². The quantitative estimate of drug-likeness (QED) is 0.629. The second kappa shape index (κ2) is 10.8. The van der Waals surface area contributed by atoms with E-state index in [0.717, 1.165) is 30.5 Å². The van der Waals surface area contributed by atoms with Crippen LogP contribution in [-0.4, -0.2) is 67.2 Å². The van der Waals surface area contributed by atoms with Gasteiger partial charge < -0.3 is 24.8 Å². The van der Waals surface area contributed by atoms with Gasteiger partial charge in [0.05, 0.1) is 7.11 Å². The summed E-state index contributed by atoms with van der Waals surface area (Å²) in [5.74, 6) is 0.535. The lowest BCUT2D eigenvalue weighted by Crippen LogP contribution is -2.50. The van der Waals surface area contributed by atoms with Crippen LogP contribution in [0.25, 0.3) is 11.1 Å². The lowest BCUT2D eigenvalue weighted by molar-refractivity contribution is -0.127. The van der Waals surface area contributed by atoms with Crippen molar-refractivity contribution in [2.75, 3.05) is 45.2 Å². The average molecular weight is 426 g/mol. The van der Waals surface area contributed by atoms with Crippen LogP contribution in [0.15, 0.2) is 47.5 Å². The Kier molecular flexibility index (Phi) is 7.83. The molecule has 31 heavy (non-hydrogen) atoms. The normalized spacial score (nSPS) is 16.5. The molecule has 0 radical (unpaired) electrons. The van der Waals surface area contributed by atoms with Gasteiger partial charge in [0.25, 0.3) is 5.56 Å². The number of carbonyl (C=O) groups is 1. The van der Waals surface area contributed by atoms with Gasteiger partial charge in [-0.1, -0.05) is 6.08 Å². The third-order valence-corrected chi connectivity index (χ3v) is 5.54. The minimum Gasteiger partial charge on any atom is -0.481 e. The van der Waals surface area contributed by atoms with Gasteiger partial charge >= 0.3 is 0 Å². The minimum atomic E-state index is -0.135. The standard InChI is InChI=1S/C23H31N5O3/c1-4-28(19-7-6-12-27(16-19)22(29)8-5-10-24-2)20-13-18(15-26-23(20)30)17-9-11-25-21(14-17)31-3/h5,8-9,11,13-15,19,24H,4,6-7,10,12,16H2,1-3H3,(H,26,30)/b8-5+/t19-/m0/s1. The first kappa shape index (κ1) is 22.6. The molecule has 0 unspecified atom stereocenters. The first-order chi connectivity index (χ1) is 15.1. The largest absolute Gasteiger partial charge is 0.481 e. The lowest BCUT2D eigenvalue weighted by Gasteiger charge is -2.39. The summed E-state index contributed by atoms with van der Waals surface area (Å²) in [5.41, 5.74) is 2.27. The molecule has 0 bridgehead atoms. The molecule has 2 N–H and O–H groups in total. The monoisotopic (exact) mass is 425 g/mol. The van der Waals surface area contributed by atoms with Crippen LogP contribution in [0.1, 0.15) is 19.8 Å². The third-order valence-electron chi connectivity index (χ3n) is 5.54. The van der Waals surface area contributed by atoms with Crippen LogP contribution in [0.3, 0.4) is 0 Å². The molecule has 2 aromatic rings. The van der Waals surface area contributed by atoms with Crippen LogP contribution >= 0.6 is 0 Å². The molecule has 8 nitrogen and oxygen atoms in total. The molecule has 0 aromatic carbocycles. The number of hydrogen-bond donors (Lipinski definition) is 2. The van der Waals surface area contributed by atoms with Gasteiger partial charge in [0, 0.05) is 62.3 Å². The zero-order valence-corrected chi connectivity index (χ0v) is 18.4. The van der Waals surface area contributed by atoms with Gasteiger partial charge in [-0.2, -0.15) is 0 Å². The third kappa shape index (κ3) is 5.52. The molecule has 8 heteroatoms. The molecular formula is C23H31N5O3. The Labute approximate surface area is 182 Å². The number of anilines is 1. The van der Waals surface area contributed by atoms with E-state index in [1.807, 2.05) is 43.1 Å². The van der Waals surface area contributed by atoms with E-state index in [4.69, 9.17) is 4.74 Å². The van der Waals surface area contributed by atoms with E-state index in [2.05, 4.69) is 20.2 Å². The van der Waals surface area contributed by atoms with Crippen molar-refractivity contribution >= 4 is 11.6 Å². The highest BCUT2D eigenvalue weighted by atomic mass is 16.5. The van der Waals surface area contributed by atoms with E-state index >= 15 is 0 Å². The fourth-order valence-corrected chi connectivity index (χ4v) is 3.97. The Hall–Kier alpha value is -3.13. The Balaban J connectivity index is 1.84. The van der Waals surface area contributed by atoms with Crippen molar-refractivity contribution < 1.29 is 9.53 Å². The zero-order chi connectivity index (χ0) is 22.2. The molecule has 1 aliphatic heterocycles. The van der Waals surface area contributed by atoms with Crippen LogP contribution in [0, 0.1) is 0 Å². The lowest BCUT2D eigenvalue weighted by atomic mass is 10.0. The number of likely N-dealkylation sites (tertiary alicyclic amines) is 1. The number of rotatable bonds is 8. The van der Waals surface area contributed by atoms with E-state index in [9.17, 15) is 9.59 Å². The minimum absolute atomic E-state index is 0.0162. The van der Waals surface area contributed by atoms with Crippen molar-refractivity contribution in [3.63, 3.8) is 0 Å². The summed E-state index contributed by atoms with van der Waals surface area (Å²) in [6.07, 6.45) is 8.69. The van der Waals surface area contributed by atoms with Crippen LogP contribution in [0.4, 0.5) is 5.69 Å². The highest BCUT2D eigenvalue weighted by Gasteiger charge is 2.28. The van der Waals surface area contributed by atoms with Gasteiger partial charge in [-0.15, -0.1) is 0 Å². The van der Waals surface area contributed by atoms with Crippen molar-refractivity contribution in [1.82, 2.24) is 20.2 Å². The number of nitrogens with one attached hydrogen (secondary N) is 2. The number of H-pyrrole nitrogens is 1. The van der Waals surface area contributed by atoms with Crippen LogP contribution < -0.4 is 20.5 Å². The van der Waals surface area contributed by atoms with E-state index in [-0.39, 0.29) is 17.5 Å². The Morgan fingerprint density at radius 2 is 2.26 bits per heavy atom. The number of aromatic nitrogens is 2. The number of aromatic amines is 1. The number of methoxy groups -OCH3 is 1. The predicted octanol–water partition coefficient (Wildman–Crippen LogP) is 2.04. The average Bonchev–Trinajstić information content (AvgIpc) is 2.81. The number of amides is 1. The summed E-state index contributed by atoms with van der Waals surface area (Å²) < 4.78 is 5.22. The maximum absolute atomic E-state index is 12.7. The maximum atomic E-state index is 12.7. The summed E-state index contributed by atoms with van der Waals surface area (Å²) in [6.45, 7) is 4.71. The number of ether oxygens (including phenoxy) is 1. The van der Waals surface area contributed by atoms with Crippen LogP contribution in [0.5, 0.6) is 5.88 Å². The fraction of sp³-hybridized carbons (Fsp3) is 0.435. The molecule has 1 atom stereocenters. The highest BCUT2D eigenvalue weighted by molar-refractivity contribution is 5.87. The smallest absolute Gasteiger partial charge is 0.271 e. The van der Waals surface area contributed by atoms with Gasteiger partial charge in [0.1, 0.15) is 5.69 Å². The molecule has 1 saturated heterocycles. The van der Waals surface area contributed by atoms with Crippen molar-refractivity contribution in [1.29, 1.82) is 0 Å². The first-order valence-corrected chi connectivity index (χ1v) is 10.7. The van der Waals surface area contributed by atoms with E-state index in [1.165, 1.54) is 0 Å². The molecular weight excluding hydrogens is 394 g/mol. The zero-order valence-electron chi connectivity index (χ0n) is 18.4. The van der Waals surface area contributed by atoms with Crippen molar-refractivity contribution in [2.24, 2.45) is 0 Å². The Morgan fingerprint density at radius 3 is 3.00 bits per heavy atom. The van der Waals surface area contributed by atoms with Gasteiger partial charge in [-0.05, 0) is 44.5 Å². The number of hydrogen-bond acceptors (Lipinski definition) is 6. The summed E-state index contributed by atoms with van der Waals surface area (Å²) >= 11 is 0. The van der Waals surface area contributed by atoms with E-state index in [0.29, 0.717) is 31.2 Å². The van der Waals surface area contributed by atoms with Gasteiger partial charge in [-0.3, -0.25) is 9.59 Å². The summed E-state index contributed by atoms with van der Waals surface area (Å²) in [4.78, 5) is 36.3. The summed E-state index contributed by atoms with van der Waals surface area (Å²) in [6, 6.07) is 5.72. The summed E-state index contributed by atoms with van der Waals surface area (Å²) in [5, 5.41) is 3.00. The van der Waals surface area contributed by atoms with Crippen LogP contribution in [0.2, 0.25) is 0 Å². The Bertz CT molecular complexity index is 972. The number of pyridine rings is 2. The number of piperidine rings is 1. The molecule has 3 heterocycles. The SMILES string of the molecule is CCN(c1cc(-c2ccnc(OC)c2)c[nH]c1=O)[C@H]1CCCN(C(=O)/C=C/CNC)C1. The van der Waals surface area contributed by atoms with Gasteiger partial charge in [0.2, 0.25) is 11.8 Å². The second-order valence-electron chi connectivity index (χ2n) is 7.52. The van der Waals surface area contributed by atoms with E-state index < -0.39 is 0 Å². The molecule has 166 valence electrons. The predicted molar refractivity (Wildman–Crippen MR) is 123 cm³/mol. The molecule has 1 aliphatic rings. The maximum Gasteiger partial charge on any atom is 0.271 e. The molecule has 0 saturated carbocycles. The number of nitrogens with zero attached hydrogens (tertiary/aromatic N) is 3.